The normalized spacial score (nSPS) is 14.5. The summed E-state index contributed by atoms with van der Waals surface area (Å²) in [6.45, 7) is 1.73. The van der Waals surface area contributed by atoms with Crippen molar-refractivity contribution in [3.8, 4) is 0 Å². The van der Waals surface area contributed by atoms with Crippen molar-refractivity contribution in [3.05, 3.63) is 59.4 Å². The molecule has 0 atom stereocenters. The number of hydrogen-bond donors (Lipinski definition) is 1. The van der Waals surface area contributed by atoms with Crippen LogP contribution in [0, 0.1) is 0 Å². The second kappa shape index (κ2) is 5.25. The first-order chi connectivity index (χ1) is 9.72. The van der Waals surface area contributed by atoms with E-state index in [1.165, 1.54) is 17.2 Å². The maximum atomic E-state index is 10.5. The smallest absolute Gasteiger partial charge is 0.328 e. The lowest BCUT2D eigenvalue weighted by Gasteiger charge is -2.28. The number of hydrogen-bond acceptors (Lipinski definition) is 3. The van der Waals surface area contributed by atoms with Gasteiger partial charge in [-0.2, -0.15) is 0 Å². The van der Waals surface area contributed by atoms with Gasteiger partial charge in [0.1, 0.15) is 5.76 Å². The van der Waals surface area contributed by atoms with Crippen molar-refractivity contribution in [2.75, 3.05) is 11.4 Å². The molecule has 1 aliphatic heterocycles. The summed E-state index contributed by atoms with van der Waals surface area (Å²) < 4.78 is 5.66. The fraction of sp³-hybridized carbons (Fsp3) is 0.188. The van der Waals surface area contributed by atoms with Crippen LogP contribution in [0.5, 0.6) is 0 Å². The van der Waals surface area contributed by atoms with Crippen LogP contribution < -0.4 is 4.90 Å². The van der Waals surface area contributed by atoms with Crippen molar-refractivity contribution in [1.82, 2.24) is 0 Å². The zero-order valence-corrected chi connectivity index (χ0v) is 11.0. The summed E-state index contributed by atoms with van der Waals surface area (Å²) in [5.74, 6) is 0.362. The summed E-state index contributed by atoms with van der Waals surface area (Å²) in [6.07, 6.45) is 3.54. The number of nitrogens with zero attached hydrogens (tertiary/aromatic N) is 1. The number of furan rings is 1. The number of aliphatic carboxylic acids is 1. The molecule has 0 saturated heterocycles. The van der Waals surface area contributed by atoms with E-state index in [9.17, 15) is 4.79 Å². The van der Waals surface area contributed by atoms with Crippen molar-refractivity contribution >= 4 is 17.9 Å². The van der Waals surface area contributed by atoms with Crippen LogP contribution >= 0.6 is 0 Å². The third kappa shape index (κ3) is 2.59. The maximum Gasteiger partial charge on any atom is 0.328 e. The largest absolute Gasteiger partial charge is 0.478 e. The third-order valence-electron chi connectivity index (χ3n) is 3.45. The lowest BCUT2D eigenvalue weighted by atomic mass is 10.0. The number of anilines is 1. The van der Waals surface area contributed by atoms with Gasteiger partial charge in [0.05, 0.1) is 0 Å². The number of carboxylic acid groups (broad SMARTS) is 1. The molecule has 1 aromatic heterocycles. The van der Waals surface area contributed by atoms with Gasteiger partial charge < -0.3 is 14.4 Å². The fourth-order valence-electron chi connectivity index (χ4n) is 2.44. The Morgan fingerprint density at radius 2 is 2.00 bits per heavy atom. The Balaban J connectivity index is 1.77. The topological polar surface area (TPSA) is 53.7 Å². The van der Waals surface area contributed by atoms with E-state index in [-0.39, 0.29) is 0 Å². The summed E-state index contributed by atoms with van der Waals surface area (Å²) in [6, 6.07) is 12.1. The Bertz CT molecular complexity index is 657. The molecule has 4 nitrogen and oxygen atoms in total. The highest BCUT2D eigenvalue weighted by atomic mass is 16.4. The predicted molar refractivity (Wildman–Crippen MR) is 76.6 cm³/mol. The van der Waals surface area contributed by atoms with E-state index in [0.29, 0.717) is 5.76 Å². The molecule has 1 N–H and O–H groups in total. The number of fused-ring (bicyclic) bond motifs is 1. The lowest BCUT2D eigenvalue weighted by Crippen LogP contribution is -2.29. The van der Waals surface area contributed by atoms with Crippen LogP contribution in [0.15, 0.2) is 46.9 Å². The average Bonchev–Trinajstić information content (AvgIpc) is 2.93. The SMILES string of the molecule is O=C(O)/C=C/c1ccc(N2CCc3ccccc3C2)o1. The standard InChI is InChI=1S/C16H15NO3/c18-16(19)8-6-14-5-7-15(20-14)17-10-9-12-3-1-2-4-13(12)11-17/h1-8H,9-11H2,(H,18,19)/b8-6+. The van der Waals surface area contributed by atoms with E-state index in [1.54, 1.807) is 6.07 Å². The Hall–Kier alpha value is -2.49. The highest BCUT2D eigenvalue weighted by Gasteiger charge is 2.18. The number of rotatable bonds is 3. The highest BCUT2D eigenvalue weighted by Crippen LogP contribution is 2.26. The first-order valence-corrected chi connectivity index (χ1v) is 6.55. The summed E-state index contributed by atoms with van der Waals surface area (Å²) in [7, 11) is 0. The van der Waals surface area contributed by atoms with Crippen LogP contribution in [0.3, 0.4) is 0 Å². The zero-order chi connectivity index (χ0) is 13.9. The van der Waals surface area contributed by atoms with Crippen LogP contribution in [0.25, 0.3) is 6.08 Å². The molecule has 102 valence electrons. The molecule has 4 heteroatoms. The minimum absolute atomic E-state index is 0.557. The highest BCUT2D eigenvalue weighted by molar-refractivity contribution is 5.84. The second-order valence-corrected chi connectivity index (χ2v) is 4.79. The van der Waals surface area contributed by atoms with Gasteiger partial charge in [0, 0.05) is 25.2 Å². The monoisotopic (exact) mass is 269 g/mol. The molecule has 0 amide bonds. The Labute approximate surface area is 116 Å². The lowest BCUT2D eigenvalue weighted by molar-refractivity contribution is -0.131. The molecule has 1 aliphatic rings. The molecule has 0 spiro atoms. The minimum atomic E-state index is -0.977. The number of benzene rings is 1. The van der Waals surface area contributed by atoms with E-state index >= 15 is 0 Å². The molecule has 0 bridgehead atoms. The summed E-state index contributed by atoms with van der Waals surface area (Å²) in [5, 5.41) is 8.60. The van der Waals surface area contributed by atoms with Crippen LogP contribution in [0.1, 0.15) is 16.9 Å². The van der Waals surface area contributed by atoms with Gasteiger partial charge in [-0.3, -0.25) is 0 Å². The average molecular weight is 269 g/mol. The fourth-order valence-corrected chi connectivity index (χ4v) is 2.44. The van der Waals surface area contributed by atoms with Crippen LogP contribution in [0.2, 0.25) is 0 Å². The molecule has 0 saturated carbocycles. The Morgan fingerprint density at radius 1 is 1.20 bits per heavy atom. The van der Waals surface area contributed by atoms with E-state index in [0.717, 1.165) is 31.5 Å². The van der Waals surface area contributed by atoms with E-state index in [1.807, 2.05) is 12.1 Å². The molecule has 0 fully saturated rings. The van der Waals surface area contributed by atoms with Gasteiger partial charge in [0.15, 0.2) is 5.88 Å². The molecule has 3 rings (SSSR count). The van der Waals surface area contributed by atoms with Crippen molar-refractivity contribution in [1.29, 1.82) is 0 Å². The van der Waals surface area contributed by atoms with E-state index in [2.05, 4.69) is 23.1 Å². The van der Waals surface area contributed by atoms with Gasteiger partial charge in [-0.15, -0.1) is 0 Å². The molecule has 0 radical (unpaired) electrons. The zero-order valence-electron chi connectivity index (χ0n) is 11.0. The molecule has 1 aromatic carbocycles. The first kappa shape index (κ1) is 12.5. The van der Waals surface area contributed by atoms with Crippen molar-refractivity contribution in [2.24, 2.45) is 0 Å². The summed E-state index contributed by atoms with van der Waals surface area (Å²) in [5.41, 5.74) is 2.71. The van der Waals surface area contributed by atoms with Crippen LogP contribution in [-0.4, -0.2) is 17.6 Å². The summed E-state index contributed by atoms with van der Waals surface area (Å²) in [4.78, 5) is 12.6. The van der Waals surface area contributed by atoms with E-state index in [4.69, 9.17) is 9.52 Å². The first-order valence-electron chi connectivity index (χ1n) is 6.55. The maximum absolute atomic E-state index is 10.5. The molecule has 0 aliphatic carbocycles. The van der Waals surface area contributed by atoms with Gasteiger partial charge in [0.2, 0.25) is 0 Å². The Kier molecular flexibility index (Phi) is 3.29. The molecule has 0 unspecified atom stereocenters. The van der Waals surface area contributed by atoms with Crippen LogP contribution in [-0.2, 0) is 17.8 Å². The number of carboxylic acids is 1. The van der Waals surface area contributed by atoms with Crippen molar-refractivity contribution in [2.45, 2.75) is 13.0 Å². The predicted octanol–water partition coefficient (Wildman–Crippen LogP) is 2.94. The number of carbonyl (C=O) groups is 1. The molecule has 2 aromatic rings. The van der Waals surface area contributed by atoms with Gasteiger partial charge in [-0.25, -0.2) is 4.79 Å². The summed E-state index contributed by atoms with van der Waals surface area (Å²) >= 11 is 0. The quantitative estimate of drug-likeness (QED) is 0.870. The molecule has 2 heterocycles. The van der Waals surface area contributed by atoms with Gasteiger partial charge in [-0.05, 0) is 29.7 Å². The Morgan fingerprint density at radius 3 is 2.80 bits per heavy atom. The second-order valence-electron chi connectivity index (χ2n) is 4.79. The van der Waals surface area contributed by atoms with Gasteiger partial charge in [-0.1, -0.05) is 24.3 Å². The third-order valence-corrected chi connectivity index (χ3v) is 3.45. The van der Waals surface area contributed by atoms with Crippen molar-refractivity contribution in [3.63, 3.8) is 0 Å². The van der Waals surface area contributed by atoms with Crippen molar-refractivity contribution < 1.29 is 14.3 Å². The van der Waals surface area contributed by atoms with E-state index < -0.39 is 5.97 Å². The molecular weight excluding hydrogens is 254 g/mol. The minimum Gasteiger partial charge on any atom is -0.478 e. The van der Waals surface area contributed by atoms with Crippen LogP contribution in [0.4, 0.5) is 5.88 Å². The van der Waals surface area contributed by atoms with Gasteiger partial charge >= 0.3 is 5.97 Å². The molecular formula is C16H15NO3. The molecule has 20 heavy (non-hydrogen) atoms. The van der Waals surface area contributed by atoms with Gasteiger partial charge in [0.25, 0.3) is 0 Å².